The van der Waals surface area contributed by atoms with E-state index in [2.05, 4.69) is 23.5 Å². The first-order chi connectivity index (χ1) is 7.34. The molecular formula is C13H17NO. The molecule has 0 atom stereocenters. The van der Waals surface area contributed by atoms with Gasteiger partial charge in [-0.05, 0) is 36.1 Å². The number of fused-ring (bicyclic) bond motifs is 2. The average Bonchev–Trinajstić information content (AvgIpc) is 2.25. The van der Waals surface area contributed by atoms with E-state index in [1.54, 1.807) is 7.11 Å². The van der Waals surface area contributed by atoms with E-state index < -0.39 is 0 Å². The van der Waals surface area contributed by atoms with Crippen LogP contribution < -0.4 is 10.1 Å². The predicted molar refractivity (Wildman–Crippen MR) is 60.2 cm³/mol. The fourth-order valence-corrected chi connectivity index (χ4v) is 2.91. The Balaban J connectivity index is 2.08. The second-order valence-electron chi connectivity index (χ2n) is 4.76. The maximum absolute atomic E-state index is 5.32. The Labute approximate surface area is 90.6 Å². The lowest BCUT2D eigenvalue weighted by molar-refractivity contribution is 0.218. The Morgan fingerprint density at radius 2 is 2.20 bits per heavy atom. The molecule has 3 rings (SSSR count). The monoisotopic (exact) mass is 203 g/mol. The number of hydrogen-bond acceptors (Lipinski definition) is 2. The van der Waals surface area contributed by atoms with Gasteiger partial charge in [-0.25, -0.2) is 0 Å². The molecule has 1 heterocycles. The Kier molecular flexibility index (Phi) is 1.99. The molecule has 2 heteroatoms. The van der Waals surface area contributed by atoms with Crippen LogP contribution in [0.4, 0.5) is 0 Å². The Morgan fingerprint density at radius 3 is 2.87 bits per heavy atom. The zero-order valence-corrected chi connectivity index (χ0v) is 9.18. The van der Waals surface area contributed by atoms with E-state index >= 15 is 0 Å². The van der Waals surface area contributed by atoms with Crippen LogP contribution in [0, 0.1) is 0 Å². The van der Waals surface area contributed by atoms with Crippen molar-refractivity contribution in [3.63, 3.8) is 0 Å². The number of benzene rings is 1. The summed E-state index contributed by atoms with van der Waals surface area (Å²) in [6.45, 7) is 2.16. The van der Waals surface area contributed by atoms with Gasteiger partial charge < -0.3 is 10.1 Å². The molecule has 2 aliphatic rings. The summed E-state index contributed by atoms with van der Waals surface area (Å²) < 4.78 is 5.32. The van der Waals surface area contributed by atoms with Gasteiger partial charge in [-0.15, -0.1) is 0 Å². The molecule has 1 N–H and O–H groups in total. The van der Waals surface area contributed by atoms with Crippen LogP contribution in [0.25, 0.3) is 0 Å². The van der Waals surface area contributed by atoms with E-state index in [-0.39, 0.29) is 0 Å². The van der Waals surface area contributed by atoms with Gasteiger partial charge in [-0.3, -0.25) is 0 Å². The van der Waals surface area contributed by atoms with E-state index in [1.165, 1.54) is 30.4 Å². The van der Waals surface area contributed by atoms with Crippen LogP contribution in [0.5, 0.6) is 5.75 Å². The van der Waals surface area contributed by atoms with Gasteiger partial charge in [0.25, 0.3) is 0 Å². The van der Waals surface area contributed by atoms with Gasteiger partial charge in [0.2, 0.25) is 0 Å². The second-order valence-corrected chi connectivity index (χ2v) is 4.76. The van der Waals surface area contributed by atoms with E-state index in [0.29, 0.717) is 5.41 Å². The van der Waals surface area contributed by atoms with Crippen molar-refractivity contribution in [1.82, 2.24) is 5.32 Å². The summed E-state index contributed by atoms with van der Waals surface area (Å²) in [6, 6.07) is 6.52. The fraction of sp³-hybridized carbons (Fsp3) is 0.538. The predicted octanol–water partition coefficient (Wildman–Crippen LogP) is 2.22. The Hall–Kier alpha value is -1.02. The molecule has 0 aromatic heterocycles. The molecule has 1 aliphatic heterocycles. The van der Waals surface area contributed by atoms with Gasteiger partial charge in [0, 0.05) is 18.5 Å². The molecule has 0 amide bonds. The summed E-state index contributed by atoms with van der Waals surface area (Å²) in [4.78, 5) is 0. The number of hydrogen-bond donors (Lipinski definition) is 1. The molecule has 80 valence electrons. The van der Waals surface area contributed by atoms with Crippen LogP contribution in [0.1, 0.15) is 30.4 Å². The topological polar surface area (TPSA) is 21.3 Å². The first kappa shape index (κ1) is 9.22. The molecule has 0 saturated heterocycles. The van der Waals surface area contributed by atoms with Gasteiger partial charge in [0.05, 0.1) is 7.11 Å². The highest BCUT2D eigenvalue weighted by Gasteiger charge is 2.41. The summed E-state index contributed by atoms with van der Waals surface area (Å²) in [7, 11) is 1.75. The van der Waals surface area contributed by atoms with Gasteiger partial charge in [-0.1, -0.05) is 12.5 Å². The van der Waals surface area contributed by atoms with Crippen molar-refractivity contribution in [2.24, 2.45) is 0 Å². The zero-order chi connectivity index (χ0) is 10.3. The third-order valence-corrected chi connectivity index (χ3v) is 3.98. The van der Waals surface area contributed by atoms with Gasteiger partial charge in [0.1, 0.15) is 5.75 Å². The van der Waals surface area contributed by atoms with Crippen molar-refractivity contribution in [3.05, 3.63) is 29.3 Å². The summed E-state index contributed by atoms with van der Waals surface area (Å²) >= 11 is 0. The third-order valence-electron chi connectivity index (χ3n) is 3.98. The molecule has 1 fully saturated rings. The Morgan fingerprint density at radius 1 is 1.33 bits per heavy atom. The molecule has 1 aliphatic carbocycles. The lowest BCUT2D eigenvalue weighted by Crippen LogP contribution is -2.47. The molecule has 0 unspecified atom stereocenters. The van der Waals surface area contributed by atoms with Crippen LogP contribution >= 0.6 is 0 Å². The first-order valence-corrected chi connectivity index (χ1v) is 5.72. The van der Waals surface area contributed by atoms with E-state index in [1.807, 2.05) is 0 Å². The summed E-state index contributed by atoms with van der Waals surface area (Å²) in [5.41, 5.74) is 3.43. The van der Waals surface area contributed by atoms with Crippen LogP contribution in [-0.4, -0.2) is 13.7 Å². The molecule has 1 saturated carbocycles. The van der Waals surface area contributed by atoms with Crippen LogP contribution in [0.2, 0.25) is 0 Å². The van der Waals surface area contributed by atoms with Crippen LogP contribution in [0.3, 0.4) is 0 Å². The highest BCUT2D eigenvalue weighted by Crippen LogP contribution is 2.47. The number of ether oxygens (including phenoxy) is 1. The standard InChI is InChI=1S/C13H17NO/c1-15-11-4-3-10-8-14-9-13(5-2-6-13)12(10)7-11/h3-4,7,14H,2,5-6,8-9H2,1H3. The summed E-state index contributed by atoms with van der Waals surface area (Å²) in [5, 5.41) is 3.53. The normalized spacial score (nSPS) is 21.9. The molecule has 15 heavy (non-hydrogen) atoms. The van der Waals surface area contributed by atoms with Crippen molar-refractivity contribution < 1.29 is 4.74 Å². The first-order valence-electron chi connectivity index (χ1n) is 5.72. The van der Waals surface area contributed by atoms with Gasteiger partial charge in [0.15, 0.2) is 0 Å². The number of rotatable bonds is 1. The maximum Gasteiger partial charge on any atom is 0.119 e. The van der Waals surface area contributed by atoms with Gasteiger partial charge in [-0.2, -0.15) is 0 Å². The van der Waals surface area contributed by atoms with E-state index in [0.717, 1.165) is 18.8 Å². The average molecular weight is 203 g/mol. The molecule has 0 bridgehead atoms. The summed E-state index contributed by atoms with van der Waals surface area (Å²) in [6.07, 6.45) is 4.04. The van der Waals surface area contributed by atoms with Gasteiger partial charge >= 0.3 is 0 Å². The molecule has 0 radical (unpaired) electrons. The SMILES string of the molecule is COc1ccc2c(c1)C1(CCC1)CNC2. The minimum atomic E-state index is 0.433. The van der Waals surface area contributed by atoms with Crippen molar-refractivity contribution in [3.8, 4) is 5.75 Å². The molecule has 1 aromatic carbocycles. The fourth-order valence-electron chi connectivity index (χ4n) is 2.91. The highest BCUT2D eigenvalue weighted by atomic mass is 16.5. The smallest absolute Gasteiger partial charge is 0.119 e. The van der Waals surface area contributed by atoms with Crippen LogP contribution in [-0.2, 0) is 12.0 Å². The molecule has 2 nitrogen and oxygen atoms in total. The minimum absolute atomic E-state index is 0.433. The molecular weight excluding hydrogens is 186 g/mol. The third kappa shape index (κ3) is 1.28. The van der Waals surface area contributed by atoms with Crippen molar-refractivity contribution in [2.45, 2.75) is 31.2 Å². The molecule has 1 aromatic rings. The highest BCUT2D eigenvalue weighted by molar-refractivity contribution is 5.43. The zero-order valence-electron chi connectivity index (χ0n) is 9.18. The maximum atomic E-state index is 5.32. The van der Waals surface area contributed by atoms with Crippen molar-refractivity contribution in [1.29, 1.82) is 0 Å². The van der Waals surface area contributed by atoms with Crippen LogP contribution in [0.15, 0.2) is 18.2 Å². The minimum Gasteiger partial charge on any atom is -0.497 e. The van der Waals surface area contributed by atoms with Crippen molar-refractivity contribution in [2.75, 3.05) is 13.7 Å². The quantitative estimate of drug-likeness (QED) is 0.755. The van der Waals surface area contributed by atoms with E-state index in [9.17, 15) is 0 Å². The van der Waals surface area contributed by atoms with E-state index in [4.69, 9.17) is 4.74 Å². The number of nitrogens with one attached hydrogen (secondary N) is 1. The number of methoxy groups -OCH3 is 1. The summed E-state index contributed by atoms with van der Waals surface area (Å²) in [5.74, 6) is 1.00. The lowest BCUT2D eigenvalue weighted by atomic mass is 9.62. The molecule has 1 spiro atoms. The largest absolute Gasteiger partial charge is 0.497 e. The van der Waals surface area contributed by atoms with Crippen molar-refractivity contribution >= 4 is 0 Å². The second kappa shape index (κ2) is 3.24. The lowest BCUT2D eigenvalue weighted by Gasteiger charge is -2.46. The Bertz CT molecular complexity index is 382.